The minimum atomic E-state index is -3.67. The first-order chi connectivity index (χ1) is 9.61. The Morgan fingerprint density at radius 3 is 2.38 bits per heavy atom. The molecule has 0 aliphatic rings. The highest BCUT2D eigenvalue weighted by molar-refractivity contribution is 7.92. The highest BCUT2D eigenvalue weighted by Crippen LogP contribution is 2.28. The van der Waals surface area contributed by atoms with E-state index in [-0.39, 0.29) is 10.3 Å². The van der Waals surface area contributed by atoms with E-state index in [0.717, 1.165) is 5.56 Å². The van der Waals surface area contributed by atoms with Crippen LogP contribution in [0.3, 0.4) is 0 Å². The quantitative estimate of drug-likeness (QED) is 0.943. The smallest absolute Gasteiger partial charge is 0.262 e. The van der Waals surface area contributed by atoms with Crippen LogP contribution in [0, 0.1) is 13.8 Å². The maximum absolute atomic E-state index is 12.6. The molecule has 0 saturated heterocycles. The van der Waals surface area contributed by atoms with Gasteiger partial charge in [-0.1, -0.05) is 38.1 Å². The molecule has 5 nitrogen and oxygen atoms in total. The Morgan fingerprint density at radius 2 is 1.86 bits per heavy atom. The molecule has 0 atom stereocenters. The van der Waals surface area contributed by atoms with Gasteiger partial charge >= 0.3 is 0 Å². The summed E-state index contributed by atoms with van der Waals surface area (Å²) in [6.07, 6.45) is 1.36. The van der Waals surface area contributed by atoms with Crippen LogP contribution in [-0.2, 0) is 15.4 Å². The molecule has 0 bridgehead atoms. The fraction of sp³-hybridized carbons (Fsp3) is 0.400. The van der Waals surface area contributed by atoms with E-state index in [0.29, 0.717) is 17.0 Å². The topological polar surface area (TPSA) is 72.2 Å². The summed E-state index contributed by atoms with van der Waals surface area (Å²) < 4.78 is 32.5. The van der Waals surface area contributed by atoms with E-state index < -0.39 is 10.0 Å². The molecule has 0 amide bonds. The predicted octanol–water partition coefficient (Wildman–Crippen LogP) is 3.39. The Labute approximate surface area is 125 Å². The van der Waals surface area contributed by atoms with Crippen LogP contribution in [0.4, 0.5) is 5.69 Å². The van der Waals surface area contributed by atoms with Crippen molar-refractivity contribution in [2.45, 2.75) is 44.9 Å². The molecule has 0 spiro atoms. The average molecular weight is 308 g/mol. The van der Waals surface area contributed by atoms with Crippen molar-refractivity contribution in [3.05, 3.63) is 41.3 Å². The Bertz CT molecular complexity index is 755. The molecule has 1 aromatic heterocycles. The number of anilines is 1. The fourth-order valence-corrected chi connectivity index (χ4v) is 3.32. The Hall–Kier alpha value is -1.82. The lowest BCUT2D eigenvalue weighted by Crippen LogP contribution is -2.17. The normalized spacial score (nSPS) is 12.4. The highest BCUT2D eigenvalue weighted by Gasteiger charge is 2.22. The SMILES string of the molecule is Cc1ccc(C(C)(C)C)cc1S(=O)(=O)Nc1cnoc1C. The van der Waals surface area contributed by atoms with Gasteiger partial charge in [0.1, 0.15) is 5.69 Å². The van der Waals surface area contributed by atoms with E-state index in [9.17, 15) is 8.42 Å². The van der Waals surface area contributed by atoms with Crippen LogP contribution in [0.1, 0.15) is 37.7 Å². The molecule has 0 unspecified atom stereocenters. The van der Waals surface area contributed by atoms with E-state index in [1.807, 2.05) is 32.9 Å². The number of benzene rings is 1. The third-order valence-electron chi connectivity index (χ3n) is 3.34. The van der Waals surface area contributed by atoms with Crippen molar-refractivity contribution in [2.75, 3.05) is 4.72 Å². The second-order valence-corrected chi connectivity index (χ2v) is 7.78. The van der Waals surface area contributed by atoms with E-state index >= 15 is 0 Å². The van der Waals surface area contributed by atoms with E-state index in [1.165, 1.54) is 6.20 Å². The molecule has 114 valence electrons. The van der Waals surface area contributed by atoms with Crippen LogP contribution in [0.25, 0.3) is 0 Å². The van der Waals surface area contributed by atoms with Gasteiger partial charge in [0.2, 0.25) is 0 Å². The average Bonchev–Trinajstić information content (AvgIpc) is 2.73. The standard InChI is InChI=1S/C15H20N2O3S/c1-10-6-7-12(15(3,4)5)8-14(10)21(18,19)17-13-9-16-20-11(13)2/h6-9,17H,1-5H3. The minimum absolute atomic E-state index is 0.120. The molecule has 2 rings (SSSR count). The fourth-order valence-electron chi connectivity index (χ4n) is 1.95. The van der Waals surface area contributed by atoms with Gasteiger partial charge in [-0.2, -0.15) is 0 Å². The van der Waals surface area contributed by atoms with Crippen molar-refractivity contribution < 1.29 is 12.9 Å². The molecule has 2 aromatic rings. The van der Waals surface area contributed by atoms with Crippen LogP contribution >= 0.6 is 0 Å². The van der Waals surface area contributed by atoms with Crippen molar-refractivity contribution >= 4 is 15.7 Å². The van der Waals surface area contributed by atoms with Gasteiger partial charge in [0.05, 0.1) is 11.1 Å². The first-order valence-corrected chi connectivity index (χ1v) is 8.15. The van der Waals surface area contributed by atoms with Gasteiger partial charge in [0.25, 0.3) is 10.0 Å². The Morgan fingerprint density at radius 1 is 1.19 bits per heavy atom. The summed E-state index contributed by atoms with van der Waals surface area (Å²) in [5.41, 5.74) is 1.90. The number of nitrogens with one attached hydrogen (secondary N) is 1. The molecule has 0 aliphatic heterocycles. The van der Waals surface area contributed by atoms with Crippen molar-refractivity contribution in [1.29, 1.82) is 0 Å². The lowest BCUT2D eigenvalue weighted by Gasteiger charge is -2.21. The number of nitrogens with zero attached hydrogens (tertiary/aromatic N) is 1. The summed E-state index contributed by atoms with van der Waals surface area (Å²) in [5, 5.41) is 3.58. The van der Waals surface area contributed by atoms with Crippen LogP contribution < -0.4 is 4.72 Å². The van der Waals surface area contributed by atoms with Crippen LogP contribution in [-0.4, -0.2) is 13.6 Å². The lowest BCUT2D eigenvalue weighted by atomic mass is 9.87. The van der Waals surface area contributed by atoms with Crippen molar-refractivity contribution in [2.24, 2.45) is 0 Å². The molecule has 0 radical (unpaired) electrons. The van der Waals surface area contributed by atoms with Crippen LogP contribution in [0.15, 0.2) is 33.8 Å². The Balaban J connectivity index is 2.47. The van der Waals surface area contributed by atoms with Gasteiger partial charge in [0, 0.05) is 0 Å². The summed E-state index contributed by atoms with van der Waals surface area (Å²) in [5.74, 6) is 0.434. The molecule has 0 fully saturated rings. The van der Waals surface area contributed by atoms with E-state index in [4.69, 9.17) is 4.52 Å². The van der Waals surface area contributed by atoms with Crippen molar-refractivity contribution in [1.82, 2.24) is 5.16 Å². The number of rotatable bonds is 3. The van der Waals surface area contributed by atoms with Gasteiger partial charge in [-0.25, -0.2) is 8.42 Å². The zero-order valence-electron chi connectivity index (χ0n) is 12.9. The molecule has 0 aliphatic carbocycles. The number of aryl methyl sites for hydroxylation is 2. The number of hydrogen-bond donors (Lipinski definition) is 1. The van der Waals surface area contributed by atoms with Crippen molar-refractivity contribution in [3.8, 4) is 0 Å². The molecular weight excluding hydrogens is 288 g/mol. The monoisotopic (exact) mass is 308 g/mol. The third kappa shape index (κ3) is 3.26. The summed E-state index contributed by atoms with van der Waals surface area (Å²) in [7, 11) is -3.67. The van der Waals surface area contributed by atoms with Crippen LogP contribution in [0.5, 0.6) is 0 Å². The first kappa shape index (κ1) is 15.6. The third-order valence-corrected chi connectivity index (χ3v) is 4.85. The predicted molar refractivity (Wildman–Crippen MR) is 81.9 cm³/mol. The number of hydrogen-bond acceptors (Lipinski definition) is 4. The summed E-state index contributed by atoms with van der Waals surface area (Å²) in [4.78, 5) is 0.274. The van der Waals surface area contributed by atoms with Gasteiger partial charge in [-0.15, -0.1) is 0 Å². The van der Waals surface area contributed by atoms with Gasteiger partial charge in [-0.05, 0) is 36.5 Å². The van der Waals surface area contributed by atoms with Crippen LogP contribution in [0.2, 0.25) is 0 Å². The molecule has 1 heterocycles. The minimum Gasteiger partial charge on any atom is -0.359 e. The largest absolute Gasteiger partial charge is 0.359 e. The number of aromatic nitrogens is 1. The molecule has 1 N–H and O–H groups in total. The number of sulfonamides is 1. The van der Waals surface area contributed by atoms with Crippen molar-refractivity contribution in [3.63, 3.8) is 0 Å². The zero-order valence-corrected chi connectivity index (χ0v) is 13.7. The Kier molecular flexibility index (Phi) is 3.84. The van der Waals surface area contributed by atoms with Gasteiger partial charge in [0.15, 0.2) is 5.76 Å². The first-order valence-electron chi connectivity index (χ1n) is 6.66. The maximum atomic E-state index is 12.6. The zero-order chi connectivity index (χ0) is 15.8. The molecular formula is C15H20N2O3S. The maximum Gasteiger partial charge on any atom is 0.262 e. The summed E-state index contributed by atoms with van der Waals surface area (Å²) in [6, 6.07) is 5.51. The second kappa shape index (κ2) is 5.18. The summed E-state index contributed by atoms with van der Waals surface area (Å²) >= 11 is 0. The van der Waals surface area contributed by atoms with E-state index in [2.05, 4.69) is 9.88 Å². The van der Waals surface area contributed by atoms with Gasteiger partial charge in [-0.3, -0.25) is 4.72 Å². The molecule has 0 saturated carbocycles. The molecule has 6 heteroatoms. The lowest BCUT2D eigenvalue weighted by molar-refractivity contribution is 0.398. The summed E-state index contributed by atoms with van der Waals surface area (Å²) in [6.45, 7) is 9.58. The van der Waals surface area contributed by atoms with Gasteiger partial charge < -0.3 is 4.52 Å². The second-order valence-electron chi connectivity index (χ2n) is 6.13. The van der Waals surface area contributed by atoms with E-state index in [1.54, 1.807) is 19.9 Å². The molecule has 1 aromatic carbocycles. The molecule has 21 heavy (non-hydrogen) atoms. The highest BCUT2D eigenvalue weighted by atomic mass is 32.2.